The molecule has 0 bridgehead atoms. The minimum Gasteiger partial charge on any atom is -0.355 e. The van der Waals surface area contributed by atoms with Gasteiger partial charge in [0.25, 0.3) is 0 Å². The first kappa shape index (κ1) is 16.4. The Hall–Kier alpha value is -0.660. The molecule has 1 fully saturated rings. The summed E-state index contributed by atoms with van der Waals surface area (Å²) >= 11 is 0. The largest absolute Gasteiger partial charge is 0.355 e. The van der Waals surface area contributed by atoms with E-state index in [9.17, 15) is 13.2 Å². The van der Waals surface area contributed by atoms with Crippen LogP contribution in [-0.2, 0) is 14.8 Å². The van der Waals surface area contributed by atoms with Crippen molar-refractivity contribution < 1.29 is 13.2 Å². The van der Waals surface area contributed by atoms with Gasteiger partial charge in [0.2, 0.25) is 15.9 Å². The van der Waals surface area contributed by atoms with Crippen LogP contribution in [-0.4, -0.2) is 58.1 Å². The van der Waals surface area contributed by atoms with E-state index in [2.05, 4.69) is 17.6 Å². The van der Waals surface area contributed by atoms with Crippen molar-refractivity contribution in [1.29, 1.82) is 0 Å². The van der Waals surface area contributed by atoms with Crippen molar-refractivity contribution in [2.45, 2.75) is 26.2 Å². The number of carbonyl (C=O) groups is 1. The lowest BCUT2D eigenvalue weighted by molar-refractivity contribution is -0.130. The van der Waals surface area contributed by atoms with Crippen molar-refractivity contribution in [1.82, 2.24) is 14.9 Å². The van der Waals surface area contributed by atoms with E-state index in [0.717, 1.165) is 25.8 Å². The molecule has 0 radical (unpaired) electrons. The number of nitrogens with one attached hydrogen (secondary N) is 2. The quantitative estimate of drug-likeness (QED) is 0.679. The number of carbonyl (C=O) groups excluding carboxylic acids is 1. The maximum absolute atomic E-state index is 12.3. The molecule has 6 nitrogen and oxygen atoms in total. The van der Waals surface area contributed by atoms with Gasteiger partial charge in [0.1, 0.15) is 0 Å². The summed E-state index contributed by atoms with van der Waals surface area (Å²) in [5, 5.41) is 5.99. The molecule has 0 aromatic heterocycles. The average molecular weight is 291 g/mol. The third-order valence-electron chi connectivity index (χ3n) is 3.66. The van der Waals surface area contributed by atoms with E-state index in [1.807, 2.05) is 0 Å². The molecule has 1 amide bonds. The molecule has 0 aromatic rings. The molecule has 2 N–H and O–H groups in total. The Bertz CT molecular complexity index is 400. The van der Waals surface area contributed by atoms with E-state index in [-0.39, 0.29) is 23.6 Å². The van der Waals surface area contributed by atoms with Crippen LogP contribution in [0.1, 0.15) is 26.2 Å². The molecule has 1 atom stereocenters. The van der Waals surface area contributed by atoms with E-state index < -0.39 is 10.0 Å². The van der Waals surface area contributed by atoms with Crippen LogP contribution in [0.2, 0.25) is 0 Å². The fourth-order valence-electron chi connectivity index (χ4n) is 2.41. The van der Waals surface area contributed by atoms with Crippen LogP contribution in [0, 0.1) is 5.41 Å². The van der Waals surface area contributed by atoms with Gasteiger partial charge in [-0.2, -0.15) is 0 Å². The van der Waals surface area contributed by atoms with E-state index in [0.29, 0.717) is 6.54 Å². The van der Waals surface area contributed by atoms with Crippen LogP contribution in [0.25, 0.3) is 0 Å². The second kappa shape index (κ2) is 6.67. The van der Waals surface area contributed by atoms with Gasteiger partial charge in [0.05, 0.1) is 11.2 Å². The molecule has 0 spiro atoms. The van der Waals surface area contributed by atoms with Gasteiger partial charge >= 0.3 is 0 Å². The van der Waals surface area contributed by atoms with Gasteiger partial charge in [-0.25, -0.2) is 12.7 Å². The average Bonchev–Trinajstić information content (AvgIpc) is 2.79. The first-order valence-electron chi connectivity index (χ1n) is 6.73. The van der Waals surface area contributed by atoms with Gasteiger partial charge in [-0.15, -0.1) is 0 Å². The maximum Gasteiger partial charge on any atom is 0.227 e. The number of amides is 1. The lowest BCUT2D eigenvalue weighted by atomic mass is 9.81. The molecule has 0 aliphatic carbocycles. The summed E-state index contributed by atoms with van der Waals surface area (Å²) in [6.45, 7) is 3.77. The standard InChI is InChI=1S/C12H25N3O3S/c1-4-5-12(6-7-13-10-12)11(16)14-8-9-19(17,18)15(2)3/h13H,4-10H2,1-3H3,(H,14,16). The summed E-state index contributed by atoms with van der Waals surface area (Å²) < 4.78 is 24.4. The molecule has 1 aliphatic rings. The van der Waals surface area contributed by atoms with Crippen LogP contribution >= 0.6 is 0 Å². The third kappa shape index (κ3) is 4.15. The summed E-state index contributed by atoms with van der Waals surface area (Å²) in [7, 11) is -0.253. The smallest absolute Gasteiger partial charge is 0.227 e. The number of rotatable bonds is 7. The number of hydrogen-bond acceptors (Lipinski definition) is 4. The molecule has 0 saturated carbocycles. The number of hydrogen-bond donors (Lipinski definition) is 2. The van der Waals surface area contributed by atoms with Crippen LogP contribution in [0.15, 0.2) is 0 Å². The first-order valence-corrected chi connectivity index (χ1v) is 8.34. The Balaban J connectivity index is 2.50. The summed E-state index contributed by atoms with van der Waals surface area (Å²) in [4.78, 5) is 12.3. The molecule has 1 rings (SSSR count). The third-order valence-corrected chi connectivity index (χ3v) is 5.49. The molecule has 1 unspecified atom stereocenters. The highest BCUT2D eigenvalue weighted by Gasteiger charge is 2.40. The predicted octanol–water partition coefficient (Wildman–Crippen LogP) is -0.226. The van der Waals surface area contributed by atoms with E-state index in [1.54, 1.807) is 0 Å². The minimum atomic E-state index is -3.25. The normalized spacial score (nSPS) is 23.8. The lowest BCUT2D eigenvalue weighted by Gasteiger charge is -2.26. The fraction of sp³-hybridized carbons (Fsp3) is 0.917. The molecular weight excluding hydrogens is 266 g/mol. The Morgan fingerprint density at radius 2 is 2.11 bits per heavy atom. The van der Waals surface area contributed by atoms with Crippen molar-refractivity contribution in [3.05, 3.63) is 0 Å². The molecule has 0 aromatic carbocycles. The number of nitrogens with zero attached hydrogens (tertiary/aromatic N) is 1. The van der Waals surface area contributed by atoms with Gasteiger partial charge in [-0.3, -0.25) is 4.79 Å². The van der Waals surface area contributed by atoms with Crippen molar-refractivity contribution in [3.63, 3.8) is 0 Å². The Morgan fingerprint density at radius 1 is 1.42 bits per heavy atom. The fourth-order valence-corrected chi connectivity index (χ4v) is 3.13. The van der Waals surface area contributed by atoms with E-state index >= 15 is 0 Å². The zero-order valence-corrected chi connectivity index (χ0v) is 12.8. The molecular formula is C12H25N3O3S. The molecule has 1 saturated heterocycles. The van der Waals surface area contributed by atoms with Crippen LogP contribution in [0.3, 0.4) is 0 Å². The van der Waals surface area contributed by atoms with E-state index in [1.165, 1.54) is 18.4 Å². The zero-order chi connectivity index (χ0) is 14.5. The van der Waals surface area contributed by atoms with Gasteiger partial charge < -0.3 is 10.6 Å². The summed E-state index contributed by atoms with van der Waals surface area (Å²) in [5.41, 5.74) is -0.351. The highest BCUT2D eigenvalue weighted by molar-refractivity contribution is 7.89. The first-order chi connectivity index (χ1) is 8.84. The Labute approximate surface area is 116 Å². The second-order valence-corrected chi connectivity index (χ2v) is 7.61. The van der Waals surface area contributed by atoms with Gasteiger partial charge in [-0.05, 0) is 19.4 Å². The molecule has 1 aliphatic heterocycles. The van der Waals surface area contributed by atoms with Crippen molar-refractivity contribution >= 4 is 15.9 Å². The molecule has 112 valence electrons. The zero-order valence-electron chi connectivity index (χ0n) is 12.0. The summed E-state index contributed by atoms with van der Waals surface area (Å²) in [6.07, 6.45) is 2.62. The Kier molecular flexibility index (Phi) is 5.76. The lowest BCUT2D eigenvalue weighted by Crippen LogP contribution is -2.44. The summed E-state index contributed by atoms with van der Waals surface area (Å²) in [5.74, 6) is -0.0743. The second-order valence-electron chi connectivity index (χ2n) is 5.31. The van der Waals surface area contributed by atoms with Gasteiger partial charge in [0.15, 0.2) is 0 Å². The highest BCUT2D eigenvalue weighted by Crippen LogP contribution is 2.31. The molecule has 7 heteroatoms. The SMILES string of the molecule is CCCC1(C(=O)NCCS(=O)(=O)N(C)C)CCNC1. The predicted molar refractivity (Wildman–Crippen MR) is 75.3 cm³/mol. The van der Waals surface area contributed by atoms with Crippen LogP contribution < -0.4 is 10.6 Å². The van der Waals surface area contributed by atoms with Crippen molar-refractivity contribution in [2.24, 2.45) is 5.41 Å². The molecule has 1 heterocycles. The topological polar surface area (TPSA) is 78.5 Å². The Morgan fingerprint density at radius 3 is 2.58 bits per heavy atom. The maximum atomic E-state index is 12.3. The monoisotopic (exact) mass is 291 g/mol. The number of sulfonamides is 1. The van der Waals surface area contributed by atoms with E-state index in [4.69, 9.17) is 0 Å². The molecule has 19 heavy (non-hydrogen) atoms. The van der Waals surface area contributed by atoms with Crippen LogP contribution in [0.4, 0.5) is 0 Å². The summed E-state index contributed by atoms with van der Waals surface area (Å²) in [6, 6.07) is 0. The van der Waals surface area contributed by atoms with Crippen molar-refractivity contribution in [2.75, 3.05) is 39.5 Å². The van der Waals surface area contributed by atoms with Crippen molar-refractivity contribution in [3.8, 4) is 0 Å². The highest BCUT2D eigenvalue weighted by atomic mass is 32.2. The van der Waals surface area contributed by atoms with Gasteiger partial charge in [-0.1, -0.05) is 13.3 Å². The van der Waals surface area contributed by atoms with Crippen LogP contribution in [0.5, 0.6) is 0 Å². The minimum absolute atomic E-state index is 0.0201. The van der Waals surface area contributed by atoms with Gasteiger partial charge in [0, 0.05) is 27.2 Å².